The minimum Gasteiger partial charge on any atom is -0.387 e. The summed E-state index contributed by atoms with van der Waals surface area (Å²) in [4.78, 5) is 0. The van der Waals surface area contributed by atoms with E-state index in [0.717, 1.165) is 6.61 Å². The molecule has 2 aliphatic heterocycles. The maximum atomic E-state index is 5.98. The van der Waals surface area contributed by atoms with Crippen LogP contribution in [-0.4, -0.2) is 39.2 Å². The molecule has 2 unspecified atom stereocenters. The third kappa shape index (κ3) is 1.00. The Kier molecular flexibility index (Phi) is 2.29. The van der Waals surface area contributed by atoms with Crippen LogP contribution in [-0.2, 0) is 8.85 Å². The SMILES string of the molecule is CO[Si]12OCC(C)N1C(C)=C(C)B2C. The first-order valence-corrected chi connectivity index (χ1v) is 7.04. The highest BCUT2D eigenvalue weighted by Crippen LogP contribution is 2.39. The quantitative estimate of drug-likeness (QED) is 0.611. The normalized spacial score (nSPS) is 37.1. The fourth-order valence-electron chi connectivity index (χ4n) is 2.70. The van der Waals surface area contributed by atoms with Crippen molar-refractivity contribution in [2.45, 2.75) is 33.6 Å². The van der Waals surface area contributed by atoms with Gasteiger partial charge in [0.05, 0.1) is 6.61 Å². The van der Waals surface area contributed by atoms with E-state index in [2.05, 4.69) is 32.2 Å². The molecule has 0 spiro atoms. The second kappa shape index (κ2) is 3.12. The standard InChI is InChI=1S/C9H18BNO2Si/c1-7-6-13-14(12-5)10(4)8(2)9(3)11(7)14/h7H,6H2,1-5H3. The molecule has 14 heavy (non-hydrogen) atoms. The van der Waals surface area contributed by atoms with Crippen molar-refractivity contribution in [3.63, 3.8) is 0 Å². The molecule has 0 amide bonds. The third-order valence-electron chi connectivity index (χ3n) is 3.73. The van der Waals surface area contributed by atoms with Crippen molar-refractivity contribution in [3.8, 4) is 0 Å². The predicted octanol–water partition coefficient (Wildman–Crippen LogP) is 1.34. The molecular weight excluding hydrogens is 193 g/mol. The summed E-state index contributed by atoms with van der Waals surface area (Å²) in [5.41, 5.74) is 2.81. The lowest BCUT2D eigenvalue weighted by atomic mass is 9.70. The van der Waals surface area contributed by atoms with Gasteiger partial charge < -0.3 is 13.4 Å². The molecule has 0 aliphatic carbocycles. The Morgan fingerprint density at radius 1 is 1.57 bits per heavy atom. The monoisotopic (exact) mass is 211 g/mol. The summed E-state index contributed by atoms with van der Waals surface area (Å²) in [6.45, 7) is 9.64. The van der Waals surface area contributed by atoms with Gasteiger partial charge in [0, 0.05) is 13.2 Å². The van der Waals surface area contributed by atoms with Crippen LogP contribution in [0.5, 0.6) is 0 Å². The van der Waals surface area contributed by atoms with E-state index in [0.29, 0.717) is 12.3 Å². The molecule has 1 saturated heterocycles. The Balaban J connectivity index is 2.44. The Labute approximate surface area is 87.4 Å². The van der Waals surface area contributed by atoms with E-state index in [4.69, 9.17) is 8.85 Å². The Morgan fingerprint density at radius 3 is 2.71 bits per heavy atom. The molecule has 0 N–H and O–H groups in total. The first-order chi connectivity index (χ1) is 6.54. The van der Waals surface area contributed by atoms with Gasteiger partial charge in [-0.3, -0.25) is 0 Å². The zero-order valence-corrected chi connectivity index (χ0v) is 10.6. The molecule has 0 aromatic carbocycles. The van der Waals surface area contributed by atoms with E-state index >= 15 is 0 Å². The molecule has 5 heteroatoms. The van der Waals surface area contributed by atoms with E-state index in [1.54, 1.807) is 7.11 Å². The van der Waals surface area contributed by atoms with Crippen molar-refractivity contribution in [3.05, 3.63) is 11.2 Å². The lowest BCUT2D eigenvalue weighted by Crippen LogP contribution is -2.59. The number of allylic oxidation sites excluding steroid dienone is 2. The molecule has 2 rings (SSSR count). The van der Waals surface area contributed by atoms with Crippen molar-refractivity contribution in [1.29, 1.82) is 0 Å². The predicted molar refractivity (Wildman–Crippen MR) is 60.0 cm³/mol. The number of fused-ring (bicyclic) bond motifs is 1. The summed E-state index contributed by atoms with van der Waals surface area (Å²) < 4.78 is 14.1. The number of hydrogen-bond donors (Lipinski definition) is 0. The second-order valence-electron chi connectivity index (χ2n) is 4.35. The van der Waals surface area contributed by atoms with Crippen molar-refractivity contribution >= 4 is 14.9 Å². The molecule has 1 fully saturated rings. The van der Waals surface area contributed by atoms with E-state index in [-0.39, 0.29) is 0 Å². The van der Waals surface area contributed by atoms with Crippen molar-refractivity contribution in [2.24, 2.45) is 0 Å². The smallest absolute Gasteiger partial charge is 0.387 e. The molecule has 0 saturated carbocycles. The van der Waals surface area contributed by atoms with Crippen LogP contribution in [0.3, 0.4) is 0 Å². The lowest BCUT2D eigenvalue weighted by Gasteiger charge is -2.32. The molecular formula is C9H18BNO2Si. The van der Waals surface area contributed by atoms with Crippen LogP contribution >= 0.6 is 0 Å². The van der Waals surface area contributed by atoms with Crippen molar-refractivity contribution in [2.75, 3.05) is 13.7 Å². The minimum atomic E-state index is -2.11. The van der Waals surface area contributed by atoms with Crippen LogP contribution < -0.4 is 0 Å². The molecule has 3 nitrogen and oxygen atoms in total. The Hall–Kier alpha value is -0.258. The van der Waals surface area contributed by atoms with Crippen LogP contribution in [0, 0.1) is 0 Å². The maximum Gasteiger partial charge on any atom is 0.413 e. The maximum absolute atomic E-state index is 5.98. The van der Waals surface area contributed by atoms with Crippen LogP contribution in [0.25, 0.3) is 0 Å². The molecule has 0 bridgehead atoms. The van der Waals surface area contributed by atoms with Gasteiger partial charge in [-0.15, -0.1) is 0 Å². The fraction of sp³-hybridized carbons (Fsp3) is 0.778. The largest absolute Gasteiger partial charge is 0.413 e. The van der Waals surface area contributed by atoms with Crippen LogP contribution in [0.4, 0.5) is 0 Å². The van der Waals surface area contributed by atoms with E-state index in [1.165, 1.54) is 11.2 Å². The van der Waals surface area contributed by atoms with E-state index in [1.807, 2.05) is 0 Å². The summed E-state index contributed by atoms with van der Waals surface area (Å²) >= 11 is 0. The van der Waals surface area contributed by atoms with Crippen LogP contribution in [0.2, 0.25) is 6.82 Å². The molecule has 2 heterocycles. The van der Waals surface area contributed by atoms with Gasteiger partial charge in [-0.25, -0.2) is 0 Å². The third-order valence-corrected chi connectivity index (χ3v) is 7.87. The van der Waals surface area contributed by atoms with Gasteiger partial charge in [0.2, 0.25) is 0 Å². The van der Waals surface area contributed by atoms with Crippen LogP contribution in [0.1, 0.15) is 20.8 Å². The number of nitrogens with zero attached hydrogens (tertiary/aromatic N) is 1. The Morgan fingerprint density at radius 2 is 2.21 bits per heavy atom. The zero-order valence-electron chi connectivity index (χ0n) is 9.63. The van der Waals surface area contributed by atoms with Gasteiger partial charge in [-0.2, -0.15) is 0 Å². The van der Waals surface area contributed by atoms with Gasteiger partial charge >= 0.3 is 8.59 Å². The molecule has 2 atom stereocenters. The summed E-state index contributed by atoms with van der Waals surface area (Å²) in [6, 6.07) is 0.474. The molecule has 78 valence electrons. The van der Waals surface area contributed by atoms with E-state index < -0.39 is 8.59 Å². The average molecular weight is 211 g/mol. The highest BCUT2D eigenvalue weighted by molar-refractivity contribution is 7.29. The van der Waals surface area contributed by atoms with Gasteiger partial charge in [0.25, 0.3) is 6.31 Å². The van der Waals surface area contributed by atoms with Crippen LogP contribution in [0.15, 0.2) is 11.2 Å². The summed E-state index contributed by atoms with van der Waals surface area (Å²) in [5.74, 6) is 0. The number of rotatable bonds is 1. The summed E-state index contributed by atoms with van der Waals surface area (Å²) in [7, 11) is -0.315. The second-order valence-corrected chi connectivity index (χ2v) is 7.66. The zero-order chi connectivity index (χ0) is 10.5. The van der Waals surface area contributed by atoms with Gasteiger partial charge in [0.15, 0.2) is 0 Å². The topological polar surface area (TPSA) is 21.7 Å². The van der Waals surface area contributed by atoms with Gasteiger partial charge in [0.1, 0.15) is 0 Å². The van der Waals surface area contributed by atoms with Crippen molar-refractivity contribution in [1.82, 2.24) is 4.57 Å². The summed E-state index contributed by atoms with van der Waals surface area (Å²) in [5, 5.41) is 0. The molecule has 0 aromatic heterocycles. The van der Waals surface area contributed by atoms with Gasteiger partial charge in [-0.05, 0) is 19.5 Å². The van der Waals surface area contributed by atoms with Gasteiger partial charge in [-0.1, -0.05) is 19.2 Å². The average Bonchev–Trinajstić information content (AvgIpc) is 2.61. The first-order valence-electron chi connectivity index (χ1n) is 5.20. The fourth-order valence-corrected chi connectivity index (χ4v) is 6.74. The molecule has 0 radical (unpaired) electrons. The molecule has 2 aliphatic rings. The highest BCUT2D eigenvalue weighted by Gasteiger charge is 2.62. The minimum absolute atomic E-state index is 0.456. The lowest BCUT2D eigenvalue weighted by molar-refractivity contribution is 0.243. The number of hydrogen-bond acceptors (Lipinski definition) is 3. The first kappa shape index (κ1) is 10.3. The summed E-state index contributed by atoms with van der Waals surface area (Å²) in [6.07, 6.45) is 0.456. The Bertz CT molecular complexity index is 297. The molecule has 0 aromatic rings. The highest BCUT2D eigenvalue weighted by atomic mass is 28.4. The van der Waals surface area contributed by atoms with Crippen molar-refractivity contribution < 1.29 is 8.85 Å². The van der Waals surface area contributed by atoms with E-state index in [9.17, 15) is 0 Å².